The van der Waals surface area contributed by atoms with Gasteiger partial charge in [0, 0.05) is 11.0 Å². The van der Waals surface area contributed by atoms with E-state index >= 15 is 0 Å². The quantitative estimate of drug-likeness (QED) is 0.529. The van der Waals surface area contributed by atoms with Crippen molar-refractivity contribution in [2.75, 3.05) is 0 Å². The first-order chi connectivity index (χ1) is 10.6. The second kappa shape index (κ2) is 8.42. The maximum absolute atomic E-state index is 5.38. The van der Waals surface area contributed by atoms with Gasteiger partial charge in [-0.2, -0.15) is 0 Å². The predicted octanol–water partition coefficient (Wildman–Crippen LogP) is 3.80. The zero-order chi connectivity index (χ0) is 15.9. The van der Waals surface area contributed by atoms with E-state index < -0.39 is 0 Å². The Hall–Kier alpha value is -1.22. The number of para-hydroxylation sites is 1. The zero-order valence-corrected chi connectivity index (χ0v) is 16.1. The summed E-state index contributed by atoms with van der Waals surface area (Å²) in [6.07, 6.45) is 4.12. The Morgan fingerprint density at radius 3 is 2.14 bits per heavy atom. The van der Waals surface area contributed by atoms with Gasteiger partial charge in [0.15, 0.2) is 0 Å². The molecule has 2 aromatic carbocycles. The van der Waals surface area contributed by atoms with Crippen LogP contribution in [0.15, 0.2) is 71.5 Å². The van der Waals surface area contributed by atoms with Gasteiger partial charge in [-0.25, -0.2) is 0 Å². The summed E-state index contributed by atoms with van der Waals surface area (Å²) in [4.78, 5) is 0. The summed E-state index contributed by atoms with van der Waals surface area (Å²) < 4.78 is 6.54. The molecule has 0 unspecified atom stereocenters. The van der Waals surface area contributed by atoms with Crippen molar-refractivity contribution in [3.05, 3.63) is 80.8 Å². The SMILES string of the molecule is Cn1ccn(-c2ccccc2)[c]1=[Pt].NCc1ccc(Br)cc1. The number of halogens is 1. The standard InChI is InChI=1S/C10H10N2.C7H8BrN.Pt/c1-11-7-8-12(9-11)10-5-3-2-4-6-10;8-7-3-1-6(5-9)2-4-7;/h2-8H,1H3;1-4H,5,9H2;. The van der Waals surface area contributed by atoms with Crippen molar-refractivity contribution >= 4 is 15.9 Å². The molecule has 0 fully saturated rings. The van der Waals surface area contributed by atoms with Crippen molar-refractivity contribution in [1.29, 1.82) is 0 Å². The molecule has 3 nitrogen and oxygen atoms in total. The smallest absolute Gasteiger partial charge is 0.0178 e. The Balaban J connectivity index is 0.000000172. The minimum Gasteiger partial charge on any atom is -0.326 e. The summed E-state index contributed by atoms with van der Waals surface area (Å²) in [6, 6.07) is 18.3. The number of aromatic nitrogens is 2. The molecule has 0 atom stereocenters. The van der Waals surface area contributed by atoms with Gasteiger partial charge < -0.3 is 5.73 Å². The first kappa shape index (κ1) is 17.1. The average molecular weight is 539 g/mol. The molecule has 3 aromatic rings. The van der Waals surface area contributed by atoms with Crippen molar-refractivity contribution in [2.45, 2.75) is 6.54 Å². The molecular weight excluding hydrogens is 521 g/mol. The van der Waals surface area contributed by atoms with E-state index in [1.807, 2.05) is 49.5 Å². The van der Waals surface area contributed by atoms with Gasteiger partial charge in [-0.15, -0.1) is 0 Å². The fourth-order valence-electron chi connectivity index (χ4n) is 1.84. The number of nitrogens with two attached hydrogens (primary N) is 1. The number of aryl methyl sites for hydroxylation is 1. The maximum atomic E-state index is 5.38. The molecule has 1 heterocycles. The summed E-state index contributed by atoms with van der Waals surface area (Å²) in [5.74, 6) is 0. The summed E-state index contributed by atoms with van der Waals surface area (Å²) in [5.41, 5.74) is 7.75. The Morgan fingerprint density at radius 2 is 1.64 bits per heavy atom. The van der Waals surface area contributed by atoms with E-state index in [0.29, 0.717) is 6.54 Å². The molecule has 0 aliphatic rings. The maximum Gasteiger partial charge on any atom is 0.0178 e. The second-order valence-corrected chi connectivity index (χ2v) is 6.62. The molecule has 3 rings (SSSR count). The zero-order valence-electron chi connectivity index (χ0n) is 12.2. The molecule has 118 valence electrons. The van der Waals surface area contributed by atoms with Crippen LogP contribution >= 0.6 is 15.9 Å². The molecular formula is C17H18BrN3Pt. The molecule has 0 saturated carbocycles. The van der Waals surface area contributed by atoms with Gasteiger partial charge in [0.2, 0.25) is 0 Å². The van der Waals surface area contributed by atoms with Crippen molar-refractivity contribution in [3.8, 4) is 5.69 Å². The fraction of sp³-hybridized carbons (Fsp3) is 0.118. The first-order valence-corrected chi connectivity index (χ1v) is 8.74. The molecule has 0 aliphatic heterocycles. The molecule has 0 spiro atoms. The summed E-state index contributed by atoms with van der Waals surface area (Å²) in [7, 11) is 2.04. The number of benzene rings is 2. The van der Waals surface area contributed by atoms with Gasteiger partial charge in [-0.3, -0.25) is 0 Å². The molecule has 22 heavy (non-hydrogen) atoms. The third-order valence-corrected chi connectivity index (χ3v) is 4.95. The van der Waals surface area contributed by atoms with Crippen molar-refractivity contribution in [3.63, 3.8) is 0 Å². The van der Waals surface area contributed by atoms with Crippen LogP contribution < -0.4 is 5.73 Å². The van der Waals surface area contributed by atoms with Crippen molar-refractivity contribution in [1.82, 2.24) is 9.13 Å². The summed E-state index contributed by atoms with van der Waals surface area (Å²) in [5, 5.41) is 0. The van der Waals surface area contributed by atoms with E-state index in [4.69, 9.17) is 5.73 Å². The first-order valence-electron chi connectivity index (χ1n) is 6.81. The van der Waals surface area contributed by atoms with Crippen LogP contribution in [0.3, 0.4) is 0 Å². The predicted molar refractivity (Wildman–Crippen MR) is 90.0 cm³/mol. The van der Waals surface area contributed by atoms with Crippen LogP contribution in [-0.4, -0.2) is 9.13 Å². The van der Waals surface area contributed by atoms with E-state index in [-0.39, 0.29) is 0 Å². The summed E-state index contributed by atoms with van der Waals surface area (Å²) in [6.45, 7) is 0.618. The van der Waals surface area contributed by atoms with Crippen LogP contribution in [0, 0.1) is 3.80 Å². The number of nitrogens with zero attached hydrogens (tertiary/aromatic N) is 2. The average Bonchev–Trinajstić information content (AvgIpc) is 2.89. The summed E-state index contributed by atoms with van der Waals surface area (Å²) >= 11 is 5.65. The van der Waals surface area contributed by atoms with E-state index in [1.54, 1.807) is 0 Å². The molecule has 0 amide bonds. The molecule has 0 aliphatic carbocycles. The van der Waals surface area contributed by atoms with Gasteiger partial charge in [0.25, 0.3) is 0 Å². The van der Waals surface area contributed by atoms with E-state index in [9.17, 15) is 0 Å². The van der Waals surface area contributed by atoms with Crippen molar-refractivity contribution < 1.29 is 19.4 Å². The van der Waals surface area contributed by atoms with E-state index in [1.165, 1.54) is 15.1 Å². The van der Waals surface area contributed by atoms with Crippen molar-refractivity contribution in [2.24, 2.45) is 12.8 Å². The number of hydrogen-bond acceptors (Lipinski definition) is 1. The number of rotatable bonds is 2. The van der Waals surface area contributed by atoms with Crippen LogP contribution in [-0.2, 0) is 32.9 Å². The minimum atomic E-state index is 0.618. The molecule has 0 radical (unpaired) electrons. The Morgan fingerprint density at radius 1 is 1.00 bits per heavy atom. The van der Waals surface area contributed by atoms with Crippen LogP contribution in [0.2, 0.25) is 0 Å². The monoisotopic (exact) mass is 538 g/mol. The largest absolute Gasteiger partial charge is 0.326 e. The van der Waals surface area contributed by atoms with E-state index in [0.717, 1.165) is 4.47 Å². The normalized spacial score (nSPS) is 10.0. The van der Waals surface area contributed by atoms with Crippen LogP contribution in [0.4, 0.5) is 0 Å². The van der Waals surface area contributed by atoms with E-state index in [2.05, 4.69) is 68.9 Å². The third kappa shape index (κ3) is 4.64. The van der Waals surface area contributed by atoms with Gasteiger partial charge in [0.05, 0.1) is 0 Å². The molecule has 0 bridgehead atoms. The van der Waals surface area contributed by atoms with Crippen LogP contribution in [0.5, 0.6) is 0 Å². The molecule has 2 N–H and O–H groups in total. The minimum absolute atomic E-state index is 0.618. The topological polar surface area (TPSA) is 35.9 Å². The number of hydrogen-bond donors (Lipinski definition) is 1. The Kier molecular flexibility index (Phi) is 6.56. The van der Waals surface area contributed by atoms with Gasteiger partial charge >= 0.3 is 87.8 Å². The fourth-order valence-corrected chi connectivity index (χ4v) is 2.74. The Bertz CT molecular complexity index is 761. The third-order valence-electron chi connectivity index (χ3n) is 3.08. The van der Waals surface area contributed by atoms with Crippen LogP contribution in [0.1, 0.15) is 5.56 Å². The van der Waals surface area contributed by atoms with Gasteiger partial charge in [-0.1, -0.05) is 28.1 Å². The second-order valence-electron chi connectivity index (χ2n) is 4.69. The van der Waals surface area contributed by atoms with Gasteiger partial charge in [0.1, 0.15) is 0 Å². The molecule has 0 saturated heterocycles. The molecule has 5 heteroatoms. The Labute approximate surface area is 149 Å². The van der Waals surface area contributed by atoms with Gasteiger partial charge in [-0.05, 0) is 17.7 Å². The number of imidazole rings is 1. The molecule has 1 aromatic heterocycles. The van der Waals surface area contributed by atoms with Crippen LogP contribution in [0.25, 0.3) is 5.69 Å².